The summed E-state index contributed by atoms with van der Waals surface area (Å²) in [5.41, 5.74) is -1.98. The van der Waals surface area contributed by atoms with Crippen molar-refractivity contribution in [1.29, 1.82) is 0 Å². The molecule has 2 aromatic rings. The van der Waals surface area contributed by atoms with Crippen molar-refractivity contribution in [1.82, 2.24) is 0 Å². The molecule has 0 aliphatic rings. The van der Waals surface area contributed by atoms with Crippen molar-refractivity contribution in [3.63, 3.8) is 0 Å². The molecule has 2 aromatic carbocycles. The van der Waals surface area contributed by atoms with Crippen LogP contribution < -0.4 is 0 Å². The third kappa shape index (κ3) is 7.15. The number of phenolic OH excluding ortho intramolecular Hbond substituents is 6. The van der Waals surface area contributed by atoms with E-state index in [1.54, 1.807) is 0 Å². The summed E-state index contributed by atoms with van der Waals surface area (Å²) >= 11 is 0. The first-order chi connectivity index (χ1) is 17.7. The normalized spacial score (nSPS) is 11.0. The highest BCUT2D eigenvalue weighted by atomic mass is 16.5. The van der Waals surface area contributed by atoms with Gasteiger partial charge in [0, 0.05) is 12.8 Å². The second kappa shape index (κ2) is 12.0. The van der Waals surface area contributed by atoms with Gasteiger partial charge in [0.15, 0.2) is 40.3 Å². The second-order valence-corrected chi connectivity index (χ2v) is 8.92. The van der Waals surface area contributed by atoms with Crippen LogP contribution in [-0.4, -0.2) is 67.4 Å². The molecular formula is C26H28O12. The lowest BCUT2D eigenvalue weighted by molar-refractivity contribution is -0.133. The molecule has 12 heteroatoms. The summed E-state index contributed by atoms with van der Waals surface area (Å²) in [6, 6.07) is 3.35. The molecule has 204 valence electrons. The molecule has 0 radical (unpaired) electrons. The number of esters is 2. The number of Topliss-reactive ketones (excluding diaryl/α,β-unsaturated/α-hetero) is 2. The van der Waals surface area contributed by atoms with Crippen LogP contribution in [0.3, 0.4) is 0 Å². The average Bonchev–Trinajstić information content (AvgIpc) is 2.86. The van der Waals surface area contributed by atoms with Crippen molar-refractivity contribution in [3.8, 4) is 34.5 Å². The minimum Gasteiger partial charge on any atom is -0.504 e. The lowest BCUT2D eigenvalue weighted by atomic mass is 9.84. The molecule has 6 N–H and O–H groups in total. The highest BCUT2D eigenvalue weighted by Gasteiger charge is 2.36. The fourth-order valence-corrected chi connectivity index (χ4v) is 3.19. The lowest BCUT2D eigenvalue weighted by Crippen LogP contribution is -2.39. The zero-order chi connectivity index (χ0) is 28.8. The molecule has 0 bridgehead atoms. The Morgan fingerprint density at radius 1 is 0.737 bits per heavy atom. The van der Waals surface area contributed by atoms with E-state index in [9.17, 15) is 49.8 Å². The van der Waals surface area contributed by atoms with Gasteiger partial charge in [0.1, 0.15) is 19.0 Å². The van der Waals surface area contributed by atoms with Crippen LogP contribution in [0.4, 0.5) is 0 Å². The fourth-order valence-electron chi connectivity index (χ4n) is 3.19. The quantitative estimate of drug-likeness (QED) is 0.132. The highest BCUT2D eigenvalue weighted by Crippen LogP contribution is 2.37. The van der Waals surface area contributed by atoms with Crippen molar-refractivity contribution in [3.05, 3.63) is 47.5 Å². The molecule has 0 aromatic heterocycles. The van der Waals surface area contributed by atoms with E-state index in [2.05, 4.69) is 6.58 Å². The third-order valence-corrected chi connectivity index (χ3v) is 5.61. The highest BCUT2D eigenvalue weighted by molar-refractivity contribution is 5.95. The lowest BCUT2D eigenvalue weighted by Gasteiger charge is -2.27. The number of ketones is 2. The van der Waals surface area contributed by atoms with Crippen molar-refractivity contribution >= 4 is 23.5 Å². The molecule has 38 heavy (non-hydrogen) atoms. The molecule has 0 spiro atoms. The van der Waals surface area contributed by atoms with Gasteiger partial charge >= 0.3 is 11.9 Å². The van der Waals surface area contributed by atoms with Crippen LogP contribution in [0.25, 0.3) is 0 Å². The van der Waals surface area contributed by atoms with Crippen LogP contribution in [0, 0.1) is 5.41 Å². The maximum Gasteiger partial charge on any atom is 0.338 e. The molecule has 0 unspecified atom stereocenters. The van der Waals surface area contributed by atoms with Crippen LogP contribution in [0.2, 0.25) is 0 Å². The Hall–Kier alpha value is -4.74. The Morgan fingerprint density at radius 3 is 1.45 bits per heavy atom. The molecule has 0 aliphatic heterocycles. The van der Waals surface area contributed by atoms with Crippen molar-refractivity contribution in [2.24, 2.45) is 5.41 Å². The number of benzene rings is 2. The van der Waals surface area contributed by atoms with E-state index in [-0.39, 0.29) is 36.2 Å². The van der Waals surface area contributed by atoms with Gasteiger partial charge in [-0.1, -0.05) is 6.58 Å². The molecule has 2 rings (SSSR count). The van der Waals surface area contributed by atoms with Gasteiger partial charge in [-0.3, -0.25) is 9.59 Å². The van der Waals surface area contributed by atoms with Crippen LogP contribution in [0.1, 0.15) is 53.8 Å². The number of carbonyl (C=O) groups is 4. The summed E-state index contributed by atoms with van der Waals surface area (Å²) in [6.45, 7) is 5.17. The van der Waals surface area contributed by atoms with E-state index in [4.69, 9.17) is 9.47 Å². The van der Waals surface area contributed by atoms with Crippen molar-refractivity contribution in [2.75, 3.05) is 13.2 Å². The van der Waals surface area contributed by atoms with Gasteiger partial charge in [0.2, 0.25) is 0 Å². The first-order valence-electron chi connectivity index (χ1n) is 11.2. The molecule has 0 atom stereocenters. The van der Waals surface area contributed by atoms with E-state index in [1.165, 1.54) is 13.8 Å². The smallest absolute Gasteiger partial charge is 0.338 e. The van der Waals surface area contributed by atoms with Crippen molar-refractivity contribution in [2.45, 2.75) is 33.1 Å². The van der Waals surface area contributed by atoms with Gasteiger partial charge in [-0.15, -0.1) is 0 Å². The van der Waals surface area contributed by atoms with E-state index in [0.29, 0.717) is 5.57 Å². The number of hydrogen-bond donors (Lipinski definition) is 6. The summed E-state index contributed by atoms with van der Waals surface area (Å²) in [7, 11) is 0. The predicted octanol–water partition coefficient (Wildman–Crippen LogP) is 2.82. The van der Waals surface area contributed by atoms with E-state index in [1.807, 2.05) is 0 Å². The minimum atomic E-state index is -1.63. The Kier molecular flexibility index (Phi) is 9.31. The van der Waals surface area contributed by atoms with Gasteiger partial charge in [0.25, 0.3) is 0 Å². The second-order valence-electron chi connectivity index (χ2n) is 8.92. The number of carbonyl (C=O) groups excluding carboxylic acids is 4. The standard InChI is InChI=1S/C26H28O12/c1-13(2)16(27)5-4-6-21(32)26(3,11-37-24(35)14-7-17(28)22(33)18(29)8-14)12-38-25(36)15-9-19(30)23(34)20(31)10-15/h7-10,28-31,33-34H,1,4-6,11-12H2,2-3H3. The maximum atomic E-state index is 13.1. The molecule has 0 saturated heterocycles. The minimum absolute atomic E-state index is 0.0366. The molecule has 0 saturated carbocycles. The molecule has 0 amide bonds. The predicted molar refractivity (Wildman–Crippen MR) is 130 cm³/mol. The number of phenols is 6. The van der Waals surface area contributed by atoms with Crippen LogP contribution in [0.5, 0.6) is 34.5 Å². The van der Waals surface area contributed by atoms with E-state index >= 15 is 0 Å². The zero-order valence-corrected chi connectivity index (χ0v) is 20.7. The number of ether oxygens (including phenoxy) is 2. The zero-order valence-electron chi connectivity index (χ0n) is 20.7. The Balaban J connectivity index is 2.20. The average molecular weight is 532 g/mol. The molecule has 12 nitrogen and oxygen atoms in total. The first-order valence-corrected chi connectivity index (χ1v) is 11.2. The summed E-state index contributed by atoms with van der Waals surface area (Å²) in [5, 5.41) is 57.4. The molecule has 0 heterocycles. The summed E-state index contributed by atoms with van der Waals surface area (Å²) in [4.78, 5) is 49.9. The van der Waals surface area contributed by atoms with Crippen LogP contribution in [-0.2, 0) is 19.1 Å². The Labute approximate surface area is 217 Å². The number of allylic oxidation sites excluding steroid dienone is 1. The number of rotatable bonds is 12. The van der Waals surface area contributed by atoms with Gasteiger partial charge in [0.05, 0.1) is 16.5 Å². The van der Waals surface area contributed by atoms with Gasteiger partial charge in [-0.2, -0.15) is 0 Å². The topological polar surface area (TPSA) is 208 Å². The Bertz CT molecular complexity index is 1160. The third-order valence-electron chi connectivity index (χ3n) is 5.61. The number of hydrogen-bond acceptors (Lipinski definition) is 12. The van der Waals surface area contributed by atoms with Gasteiger partial charge in [-0.25, -0.2) is 9.59 Å². The molecule has 0 aliphatic carbocycles. The monoisotopic (exact) mass is 532 g/mol. The largest absolute Gasteiger partial charge is 0.504 e. The Morgan fingerprint density at radius 2 is 1.11 bits per heavy atom. The molecule has 0 fully saturated rings. The van der Waals surface area contributed by atoms with Crippen LogP contribution >= 0.6 is 0 Å². The van der Waals surface area contributed by atoms with E-state index < -0.39 is 70.8 Å². The fraction of sp³-hybridized carbons (Fsp3) is 0.308. The summed E-state index contributed by atoms with van der Waals surface area (Å²) < 4.78 is 10.3. The summed E-state index contributed by atoms with van der Waals surface area (Å²) in [5.74, 6) is -7.75. The van der Waals surface area contributed by atoms with Crippen molar-refractivity contribution < 1.29 is 59.3 Å². The SMILES string of the molecule is C=C(C)C(=O)CCCC(=O)C(C)(COC(=O)c1cc(O)c(O)c(O)c1)COC(=O)c1cc(O)c(O)c(O)c1. The first kappa shape index (κ1) is 29.5. The number of aromatic hydroxyl groups is 6. The van der Waals surface area contributed by atoms with Crippen LogP contribution in [0.15, 0.2) is 36.4 Å². The van der Waals surface area contributed by atoms with E-state index in [0.717, 1.165) is 24.3 Å². The van der Waals surface area contributed by atoms with Gasteiger partial charge in [-0.05, 0) is 50.1 Å². The molecular weight excluding hydrogens is 504 g/mol. The summed E-state index contributed by atoms with van der Waals surface area (Å²) in [6.07, 6.45) is 0.0302. The maximum absolute atomic E-state index is 13.1. The van der Waals surface area contributed by atoms with Gasteiger partial charge < -0.3 is 40.1 Å².